The van der Waals surface area contributed by atoms with Crippen LogP contribution in [0.4, 0.5) is 0 Å². The molecule has 7 nitrogen and oxygen atoms in total. The minimum absolute atomic E-state index is 0.391. The number of rotatable bonds is 7. The first-order chi connectivity index (χ1) is 13.8. The number of methoxy groups -OCH3 is 1. The molecule has 0 aliphatic rings. The zero-order chi connectivity index (χ0) is 22.2. The highest BCUT2D eigenvalue weighted by Crippen LogP contribution is 2.19. The Morgan fingerprint density at radius 2 is 1.86 bits per heavy atom. The van der Waals surface area contributed by atoms with Gasteiger partial charge in [0.15, 0.2) is 6.29 Å². The number of halogens is 2. The Morgan fingerprint density at radius 3 is 2.31 bits per heavy atom. The molecule has 0 radical (unpaired) electrons. The van der Waals surface area contributed by atoms with Crippen molar-refractivity contribution in [1.29, 1.82) is 0 Å². The summed E-state index contributed by atoms with van der Waals surface area (Å²) in [5.74, 6) is -0.0894. The first-order valence-electron chi connectivity index (χ1n) is 8.71. The number of carbonyl (C=O) groups is 2. The molecule has 0 aliphatic heterocycles. The highest BCUT2D eigenvalue weighted by atomic mass is 35.5. The van der Waals surface area contributed by atoms with Gasteiger partial charge >= 0.3 is 5.97 Å². The number of carboxylic acids is 1. The Morgan fingerprint density at radius 1 is 1.21 bits per heavy atom. The zero-order valence-electron chi connectivity index (χ0n) is 16.2. The number of benzene rings is 2. The van der Waals surface area contributed by atoms with Gasteiger partial charge in [-0.1, -0.05) is 41.4 Å². The van der Waals surface area contributed by atoms with Crippen molar-refractivity contribution in [2.24, 2.45) is 17.2 Å². The SMILES string of the molecule is COc1ccccc1CN.NCCCC(N)C(=O)O.O=Cc1ccc(Cl)cc1Cl. The van der Waals surface area contributed by atoms with Crippen LogP contribution in [0.5, 0.6) is 5.75 Å². The van der Waals surface area contributed by atoms with E-state index in [9.17, 15) is 9.59 Å². The normalized spacial score (nSPS) is 10.6. The number of carboxylic acid groups (broad SMARTS) is 1. The third-order valence-corrected chi connectivity index (χ3v) is 4.10. The topological polar surface area (TPSA) is 142 Å². The summed E-state index contributed by atoms with van der Waals surface area (Å²) < 4.78 is 5.06. The van der Waals surface area contributed by atoms with E-state index in [2.05, 4.69) is 0 Å². The molecule has 0 heterocycles. The lowest BCUT2D eigenvalue weighted by Crippen LogP contribution is -2.30. The Hall–Kier alpha value is -2.16. The van der Waals surface area contributed by atoms with Gasteiger partial charge < -0.3 is 27.0 Å². The van der Waals surface area contributed by atoms with Crippen molar-refractivity contribution >= 4 is 35.5 Å². The Bertz CT molecular complexity index is 737. The summed E-state index contributed by atoms with van der Waals surface area (Å²) >= 11 is 11.2. The largest absolute Gasteiger partial charge is 0.496 e. The minimum Gasteiger partial charge on any atom is -0.496 e. The van der Waals surface area contributed by atoms with Crippen molar-refractivity contribution in [2.45, 2.75) is 25.4 Å². The number of hydrogen-bond donors (Lipinski definition) is 4. The van der Waals surface area contributed by atoms with Crippen LogP contribution in [0, 0.1) is 0 Å². The van der Waals surface area contributed by atoms with Crippen LogP contribution in [0.15, 0.2) is 42.5 Å². The molecule has 0 fully saturated rings. The van der Waals surface area contributed by atoms with Gasteiger partial charge in [0.1, 0.15) is 11.8 Å². The van der Waals surface area contributed by atoms with Crippen LogP contribution in [-0.4, -0.2) is 37.1 Å². The molecular weight excluding hydrogens is 417 g/mol. The van der Waals surface area contributed by atoms with Gasteiger partial charge in [-0.2, -0.15) is 0 Å². The van der Waals surface area contributed by atoms with Crippen molar-refractivity contribution in [3.63, 3.8) is 0 Å². The number of carbonyl (C=O) groups excluding carboxylic acids is 1. The number of nitrogens with two attached hydrogens (primary N) is 3. The molecule has 29 heavy (non-hydrogen) atoms. The molecule has 0 saturated heterocycles. The summed E-state index contributed by atoms with van der Waals surface area (Å²) in [4.78, 5) is 20.3. The van der Waals surface area contributed by atoms with E-state index in [0.717, 1.165) is 11.3 Å². The standard InChI is InChI=1S/C8H11NO.C7H4Cl2O.C5H12N2O2/c1-10-8-5-3-2-4-7(8)6-9;8-6-2-1-5(4-10)7(9)3-6;6-3-1-2-4(7)5(8)9/h2-5H,6,9H2,1H3;1-4H;4H,1-3,6-7H2,(H,8,9). The molecule has 0 spiro atoms. The van der Waals surface area contributed by atoms with Crippen LogP contribution in [0.1, 0.15) is 28.8 Å². The summed E-state index contributed by atoms with van der Waals surface area (Å²) in [6, 6.07) is 11.7. The monoisotopic (exact) mass is 443 g/mol. The highest BCUT2D eigenvalue weighted by Gasteiger charge is 2.08. The predicted molar refractivity (Wildman–Crippen MR) is 117 cm³/mol. The lowest BCUT2D eigenvalue weighted by molar-refractivity contribution is -0.138. The van der Waals surface area contributed by atoms with Crippen LogP contribution in [0.3, 0.4) is 0 Å². The summed E-state index contributed by atoms with van der Waals surface area (Å²) in [6.45, 7) is 1.03. The van der Waals surface area contributed by atoms with E-state index in [1.165, 1.54) is 6.07 Å². The van der Waals surface area contributed by atoms with Gasteiger partial charge in [-0.05, 0) is 43.7 Å². The lowest BCUT2D eigenvalue weighted by Gasteiger charge is -2.03. The summed E-state index contributed by atoms with van der Waals surface area (Å²) in [5.41, 5.74) is 17.2. The summed E-state index contributed by atoms with van der Waals surface area (Å²) in [7, 11) is 1.65. The maximum Gasteiger partial charge on any atom is 0.320 e. The van der Waals surface area contributed by atoms with Crippen molar-refractivity contribution in [3.05, 3.63) is 63.6 Å². The molecule has 2 aromatic rings. The molecule has 1 atom stereocenters. The van der Waals surface area contributed by atoms with Gasteiger partial charge in [0.25, 0.3) is 0 Å². The quantitative estimate of drug-likeness (QED) is 0.481. The van der Waals surface area contributed by atoms with Crippen molar-refractivity contribution < 1.29 is 19.4 Å². The first kappa shape index (κ1) is 26.8. The molecule has 0 bridgehead atoms. The fraction of sp³-hybridized carbons (Fsp3) is 0.300. The smallest absolute Gasteiger partial charge is 0.320 e. The molecule has 0 aromatic heterocycles. The van der Waals surface area contributed by atoms with Gasteiger partial charge in [0.2, 0.25) is 0 Å². The molecule has 7 N–H and O–H groups in total. The van der Waals surface area contributed by atoms with Crippen LogP contribution >= 0.6 is 23.2 Å². The molecule has 1 unspecified atom stereocenters. The van der Waals surface area contributed by atoms with E-state index in [1.807, 2.05) is 24.3 Å². The van der Waals surface area contributed by atoms with E-state index < -0.39 is 12.0 Å². The number of aliphatic carboxylic acids is 1. The van der Waals surface area contributed by atoms with Gasteiger partial charge in [-0.15, -0.1) is 0 Å². The van der Waals surface area contributed by atoms with Crippen LogP contribution in [0.2, 0.25) is 10.0 Å². The summed E-state index contributed by atoms with van der Waals surface area (Å²) in [6.07, 6.45) is 1.83. The second-order valence-electron chi connectivity index (χ2n) is 5.68. The van der Waals surface area contributed by atoms with E-state index in [4.69, 9.17) is 50.2 Å². The zero-order valence-corrected chi connectivity index (χ0v) is 17.7. The number of hydrogen-bond acceptors (Lipinski definition) is 6. The van der Waals surface area contributed by atoms with E-state index >= 15 is 0 Å². The van der Waals surface area contributed by atoms with Crippen molar-refractivity contribution in [1.82, 2.24) is 0 Å². The van der Waals surface area contributed by atoms with Gasteiger partial charge in [-0.25, -0.2) is 0 Å². The van der Waals surface area contributed by atoms with Crippen LogP contribution < -0.4 is 21.9 Å². The third-order valence-electron chi connectivity index (χ3n) is 3.54. The van der Waals surface area contributed by atoms with Crippen LogP contribution in [-0.2, 0) is 11.3 Å². The average molecular weight is 444 g/mol. The molecule has 2 aromatic carbocycles. The van der Waals surface area contributed by atoms with E-state index in [0.29, 0.717) is 47.8 Å². The average Bonchev–Trinajstić information content (AvgIpc) is 2.72. The molecule has 0 amide bonds. The fourth-order valence-corrected chi connectivity index (χ4v) is 2.38. The minimum atomic E-state index is -0.955. The van der Waals surface area contributed by atoms with Crippen LogP contribution in [0.25, 0.3) is 0 Å². The third kappa shape index (κ3) is 11.4. The number of aldehydes is 1. The molecule has 0 aliphatic carbocycles. The first-order valence-corrected chi connectivity index (χ1v) is 9.46. The highest BCUT2D eigenvalue weighted by molar-refractivity contribution is 6.36. The summed E-state index contributed by atoms with van der Waals surface area (Å²) in [5, 5.41) is 9.17. The molecule has 160 valence electrons. The van der Waals surface area contributed by atoms with Crippen molar-refractivity contribution in [3.8, 4) is 5.75 Å². The van der Waals surface area contributed by atoms with Gasteiger partial charge in [0, 0.05) is 22.7 Å². The Kier molecular flexibility index (Phi) is 14.6. The number of para-hydroxylation sites is 1. The predicted octanol–water partition coefficient (Wildman–Crippen LogP) is 3.10. The molecule has 9 heteroatoms. The second kappa shape index (κ2) is 15.7. The number of ether oxygens (including phenoxy) is 1. The lowest BCUT2D eigenvalue weighted by atomic mass is 10.2. The molecular formula is C20H27Cl2N3O4. The molecule has 0 saturated carbocycles. The van der Waals surface area contributed by atoms with E-state index in [1.54, 1.807) is 19.2 Å². The molecule has 2 rings (SSSR count). The maximum atomic E-state index is 10.2. The van der Waals surface area contributed by atoms with E-state index in [-0.39, 0.29) is 0 Å². The maximum absolute atomic E-state index is 10.2. The Labute approximate surface area is 180 Å². The van der Waals surface area contributed by atoms with Crippen molar-refractivity contribution in [2.75, 3.05) is 13.7 Å². The fourth-order valence-electron chi connectivity index (χ4n) is 1.93. The Balaban J connectivity index is 0.000000407. The second-order valence-corrected chi connectivity index (χ2v) is 6.52. The van der Waals surface area contributed by atoms with Gasteiger partial charge in [0.05, 0.1) is 12.1 Å². The van der Waals surface area contributed by atoms with Gasteiger partial charge in [-0.3, -0.25) is 9.59 Å².